The minimum Gasteiger partial charge on any atom is -0.442 e. The molecule has 0 amide bonds. The molecule has 0 aromatic carbocycles. The molecule has 0 radical (unpaired) electrons. The molecule has 178 valence electrons. The zero-order valence-corrected chi connectivity index (χ0v) is 19.2. The summed E-state index contributed by atoms with van der Waals surface area (Å²) in [7, 11) is 0. The van der Waals surface area contributed by atoms with E-state index in [9.17, 15) is 14.7 Å². The molecule has 4 heterocycles. The van der Waals surface area contributed by atoms with Crippen LogP contribution in [-0.4, -0.2) is 50.7 Å². The van der Waals surface area contributed by atoms with Crippen LogP contribution < -0.4 is 19.7 Å². The number of rotatable bonds is 9. The average molecular weight is 460 g/mol. The smallest absolute Gasteiger partial charge is 0.416 e. The number of fused-ring (bicyclic) bond motifs is 1. The van der Waals surface area contributed by atoms with Gasteiger partial charge in [-0.2, -0.15) is 8.91 Å². The van der Waals surface area contributed by atoms with E-state index in [2.05, 4.69) is 15.3 Å². The van der Waals surface area contributed by atoms with E-state index in [1.54, 1.807) is 12.3 Å². The van der Waals surface area contributed by atoms with Crippen molar-refractivity contribution < 1.29 is 24.2 Å². The topological polar surface area (TPSA) is 99.0 Å². The molecule has 3 aromatic heterocycles. The van der Waals surface area contributed by atoms with Crippen LogP contribution in [-0.2, 0) is 13.0 Å². The molecule has 3 N–H and O–H groups in total. The first-order valence-corrected chi connectivity index (χ1v) is 11.6. The predicted octanol–water partition coefficient (Wildman–Crippen LogP) is 2.71. The molecule has 0 saturated carbocycles. The Kier molecular flexibility index (Phi) is 7.12. The van der Waals surface area contributed by atoms with Crippen molar-refractivity contribution in [3.05, 3.63) is 41.5 Å². The second kappa shape index (κ2) is 10.2. The first kappa shape index (κ1) is 23.0. The molecule has 0 bridgehead atoms. The van der Waals surface area contributed by atoms with Gasteiger partial charge in [0.05, 0.1) is 18.2 Å². The summed E-state index contributed by atoms with van der Waals surface area (Å²) >= 11 is 0. The van der Waals surface area contributed by atoms with E-state index >= 15 is 0 Å². The van der Waals surface area contributed by atoms with Crippen molar-refractivity contribution in [2.24, 2.45) is 0 Å². The van der Waals surface area contributed by atoms with E-state index in [-0.39, 0.29) is 12.6 Å². The number of pyridine rings is 1. The first-order valence-electron chi connectivity index (χ1n) is 11.6. The van der Waals surface area contributed by atoms with Gasteiger partial charge in [-0.05, 0) is 45.1 Å². The van der Waals surface area contributed by atoms with E-state index in [0.29, 0.717) is 48.9 Å². The van der Waals surface area contributed by atoms with Gasteiger partial charge in [0.2, 0.25) is 12.1 Å². The van der Waals surface area contributed by atoms with Crippen LogP contribution in [0.25, 0.3) is 5.65 Å². The van der Waals surface area contributed by atoms with Crippen LogP contribution >= 0.6 is 0 Å². The van der Waals surface area contributed by atoms with Crippen LogP contribution in [0.5, 0.6) is 5.88 Å². The Bertz CT molecular complexity index is 1100. The van der Waals surface area contributed by atoms with Gasteiger partial charge in [0.25, 0.3) is 0 Å². The largest absolute Gasteiger partial charge is 0.442 e. The maximum Gasteiger partial charge on any atom is 0.416 e. The molecule has 0 aliphatic carbocycles. The molecule has 1 aliphatic heterocycles. The maximum absolute atomic E-state index is 14.6. The van der Waals surface area contributed by atoms with Gasteiger partial charge in [0, 0.05) is 42.1 Å². The molecule has 1 fully saturated rings. The third-order valence-electron chi connectivity index (χ3n) is 6.08. The Morgan fingerprint density at radius 1 is 1.30 bits per heavy atom. The molecular formula is C23H32FN6O3+. The summed E-state index contributed by atoms with van der Waals surface area (Å²) in [5.74, 6) is 1.20. The van der Waals surface area contributed by atoms with Crippen molar-refractivity contribution >= 4 is 17.3 Å². The second-order valence-corrected chi connectivity index (χ2v) is 8.22. The van der Waals surface area contributed by atoms with E-state index in [1.165, 1.54) is 4.52 Å². The number of nitrogens with one attached hydrogen (secondary N) is 1. The van der Waals surface area contributed by atoms with Gasteiger partial charge in [-0.3, -0.25) is 5.21 Å². The lowest BCUT2D eigenvalue weighted by Crippen LogP contribution is -2.40. The van der Waals surface area contributed by atoms with Crippen molar-refractivity contribution in [1.29, 1.82) is 0 Å². The van der Waals surface area contributed by atoms with Gasteiger partial charge in [0.1, 0.15) is 11.6 Å². The first-order chi connectivity index (χ1) is 16.0. The molecule has 10 heteroatoms. The Morgan fingerprint density at radius 2 is 2.15 bits per heavy atom. The molecule has 9 nitrogen and oxygen atoms in total. The van der Waals surface area contributed by atoms with Crippen LogP contribution in [0.3, 0.4) is 0 Å². The van der Waals surface area contributed by atoms with Crippen molar-refractivity contribution in [2.45, 2.75) is 58.5 Å². The maximum atomic E-state index is 14.6. The van der Waals surface area contributed by atoms with Gasteiger partial charge in [0.15, 0.2) is 5.65 Å². The summed E-state index contributed by atoms with van der Waals surface area (Å²) in [5.41, 5.74) is 1.78. The molecule has 1 saturated heterocycles. The minimum absolute atomic E-state index is 0.120. The normalized spacial score (nSPS) is 16.4. The summed E-state index contributed by atoms with van der Waals surface area (Å²) in [5, 5.41) is 27.1. The van der Waals surface area contributed by atoms with Crippen LogP contribution in [0.2, 0.25) is 0 Å². The van der Waals surface area contributed by atoms with Gasteiger partial charge in [-0.25, -0.2) is 4.98 Å². The molecule has 3 aromatic rings. The Morgan fingerprint density at radius 3 is 2.88 bits per heavy atom. The summed E-state index contributed by atoms with van der Waals surface area (Å²) in [6, 6.07) is 5.64. The van der Waals surface area contributed by atoms with E-state index in [1.807, 2.05) is 26.0 Å². The number of aromatic nitrogens is 4. The fourth-order valence-corrected chi connectivity index (χ4v) is 4.43. The van der Waals surface area contributed by atoms with Crippen LogP contribution in [0.15, 0.2) is 24.4 Å². The Balaban J connectivity index is 1.68. The quantitative estimate of drug-likeness (QED) is 0.334. The van der Waals surface area contributed by atoms with E-state index in [0.717, 1.165) is 41.9 Å². The molecule has 4 rings (SSSR count). The number of aryl methyl sites for hydroxylation is 1. The summed E-state index contributed by atoms with van der Waals surface area (Å²) in [4.78, 5) is 7.01. The highest BCUT2D eigenvalue weighted by Gasteiger charge is 2.26. The monoisotopic (exact) mass is 459 g/mol. The number of nitrogens with zero attached hydrogens (tertiary/aromatic N) is 5. The third-order valence-corrected chi connectivity index (χ3v) is 6.08. The molecule has 0 spiro atoms. The highest BCUT2D eigenvalue weighted by Crippen LogP contribution is 2.29. The number of aliphatic hydroxyl groups is 1. The zero-order valence-electron chi connectivity index (χ0n) is 19.2. The lowest BCUT2D eigenvalue weighted by molar-refractivity contribution is -0.906. The van der Waals surface area contributed by atoms with Gasteiger partial charge >= 0.3 is 5.88 Å². The molecule has 33 heavy (non-hydrogen) atoms. The number of aliphatic hydroxyl groups excluding tert-OH is 1. The van der Waals surface area contributed by atoms with E-state index < -0.39 is 5.95 Å². The van der Waals surface area contributed by atoms with Gasteiger partial charge in [-0.15, -0.1) is 5.10 Å². The highest BCUT2D eigenvalue weighted by molar-refractivity contribution is 5.61. The molecule has 0 unspecified atom stereocenters. The summed E-state index contributed by atoms with van der Waals surface area (Å²) in [6.45, 7) is 5.53. The predicted molar refractivity (Wildman–Crippen MR) is 121 cm³/mol. The van der Waals surface area contributed by atoms with Crippen molar-refractivity contribution in [2.75, 3.05) is 30.0 Å². The highest BCUT2D eigenvalue weighted by atomic mass is 19.1. The Hall–Kier alpha value is -3.14. The number of piperidine rings is 1. The van der Waals surface area contributed by atoms with Crippen LogP contribution in [0.1, 0.15) is 50.7 Å². The SMILES string of the molecule is CCOc1ccc(CNc2cc(N3CCCC[C@H]3CCO)nc3c(CC)c(F)nn23)c[n+]1O. The summed E-state index contributed by atoms with van der Waals surface area (Å²) < 4.78 is 22.4. The number of anilines is 2. The van der Waals surface area contributed by atoms with Crippen LogP contribution in [0, 0.1) is 5.95 Å². The Labute approximate surface area is 192 Å². The van der Waals surface area contributed by atoms with Crippen molar-refractivity contribution in [3.63, 3.8) is 0 Å². The molecular weight excluding hydrogens is 427 g/mol. The molecule has 1 atom stereocenters. The van der Waals surface area contributed by atoms with Gasteiger partial charge < -0.3 is 20.1 Å². The number of hydrogen-bond acceptors (Lipinski definition) is 7. The van der Waals surface area contributed by atoms with Crippen molar-refractivity contribution in [1.82, 2.24) is 14.6 Å². The fourth-order valence-electron chi connectivity index (χ4n) is 4.43. The lowest BCUT2D eigenvalue weighted by atomic mass is 9.99. The van der Waals surface area contributed by atoms with E-state index in [4.69, 9.17) is 9.72 Å². The fraction of sp³-hybridized carbons (Fsp3) is 0.522. The second-order valence-electron chi connectivity index (χ2n) is 8.22. The van der Waals surface area contributed by atoms with Crippen LogP contribution in [0.4, 0.5) is 16.0 Å². The number of hydrogen-bond donors (Lipinski definition) is 3. The van der Waals surface area contributed by atoms with Gasteiger partial charge in [-0.1, -0.05) is 6.92 Å². The third kappa shape index (κ3) is 4.80. The minimum atomic E-state index is -0.523. The zero-order chi connectivity index (χ0) is 23.4. The number of ether oxygens (including phenoxy) is 1. The van der Waals surface area contributed by atoms with Crippen molar-refractivity contribution in [3.8, 4) is 5.88 Å². The molecule has 1 aliphatic rings. The number of halogens is 1. The summed E-state index contributed by atoms with van der Waals surface area (Å²) in [6.07, 6.45) is 5.89. The average Bonchev–Trinajstić information content (AvgIpc) is 3.14. The standard InChI is InChI=1S/C23H32FN6O3/c1-3-18-22(24)27-30-19(25-14-16-8-9-21(33-4-2)29(32)15-16)13-20(26-23(18)30)28-11-6-5-7-17(28)10-12-31/h8-9,13,15,17,25,31-32H,3-7,10-12,14H2,1-2H3/q+1/t17-/m0/s1. The lowest BCUT2D eigenvalue weighted by Gasteiger charge is -2.36.